The first kappa shape index (κ1) is 12.9. The van der Waals surface area contributed by atoms with Crippen molar-refractivity contribution < 1.29 is 4.79 Å². The summed E-state index contributed by atoms with van der Waals surface area (Å²) in [4.78, 5) is 16.3. The van der Waals surface area contributed by atoms with Crippen molar-refractivity contribution in [3.8, 4) is 0 Å². The molecule has 98 valence electrons. The van der Waals surface area contributed by atoms with Crippen LogP contribution < -0.4 is 10.6 Å². The van der Waals surface area contributed by atoms with E-state index in [1.165, 1.54) is 12.8 Å². The molecule has 0 radical (unpaired) electrons. The number of hydrogen-bond acceptors (Lipinski definition) is 3. The number of aromatic nitrogens is 1. The van der Waals surface area contributed by atoms with E-state index in [1.54, 1.807) is 25.4 Å². The van der Waals surface area contributed by atoms with Crippen molar-refractivity contribution in [2.45, 2.75) is 26.7 Å². The van der Waals surface area contributed by atoms with Gasteiger partial charge in [-0.3, -0.25) is 4.79 Å². The number of carbonyl (C=O) groups is 1. The highest BCUT2D eigenvalue weighted by atomic mass is 16.1. The van der Waals surface area contributed by atoms with Gasteiger partial charge in [0.05, 0.1) is 5.56 Å². The summed E-state index contributed by atoms with van der Waals surface area (Å²) < 4.78 is 0. The second-order valence-electron chi connectivity index (χ2n) is 5.35. The number of anilines is 1. The monoisotopic (exact) mass is 247 g/mol. The molecular weight excluding hydrogens is 226 g/mol. The predicted octanol–water partition coefficient (Wildman–Crippen LogP) is 2.29. The molecule has 18 heavy (non-hydrogen) atoms. The summed E-state index contributed by atoms with van der Waals surface area (Å²) in [7, 11) is 1.77. The van der Waals surface area contributed by atoms with E-state index in [2.05, 4.69) is 29.5 Å². The largest absolute Gasteiger partial charge is 0.372 e. The number of hydrogen-bond donors (Lipinski definition) is 2. The maximum Gasteiger partial charge on any atom is 0.255 e. The first-order valence-electron chi connectivity index (χ1n) is 6.50. The van der Waals surface area contributed by atoms with E-state index in [4.69, 9.17) is 0 Å². The summed E-state index contributed by atoms with van der Waals surface area (Å²) in [6, 6.07) is 3.58. The quantitative estimate of drug-likeness (QED) is 0.839. The van der Waals surface area contributed by atoms with Gasteiger partial charge in [-0.2, -0.15) is 0 Å². The van der Waals surface area contributed by atoms with Gasteiger partial charge in [0.15, 0.2) is 0 Å². The second kappa shape index (κ2) is 4.96. The van der Waals surface area contributed by atoms with Crippen molar-refractivity contribution in [1.29, 1.82) is 0 Å². The molecule has 1 heterocycles. The molecule has 2 rings (SSSR count). The molecule has 1 saturated carbocycles. The van der Waals surface area contributed by atoms with Crippen LogP contribution >= 0.6 is 0 Å². The molecule has 1 aromatic rings. The summed E-state index contributed by atoms with van der Waals surface area (Å²) in [6.07, 6.45) is 4.12. The fourth-order valence-electron chi connectivity index (χ4n) is 2.26. The smallest absolute Gasteiger partial charge is 0.255 e. The van der Waals surface area contributed by atoms with Gasteiger partial charge < -0.3 is 10.6 Å². The molecule has 0 spiro atoms. The van der Waals surface area contributed by atoms with Gasteiger partial charge in [0.1, 0.15) is 5.82 Å². The van der Waals surface area contributed by atoms with Crippen molar-refractivity contribution in [2.75, 3.05) is 18.9 Å². The summed E-state index contributed by atoms with van der Waals surface area (Å²) in [5.74, 6) is 1.21. The second-order valence-corrected chi connectivity index (χ2v) is 5.35. The third-order valence-electron chi connectivity index (χ3n) is 4.01. The first-order chi connectivity index (χ1) is 8.59. The van der Waals surface area contributed by atoms with Crippen LogP contribution in [-0.4, -0.2) is 24.5 Å². The number of nitrogens with one attached hydrogen (secondary N) is 2. The van der Waals surface area contributed by atoms with Gasteiger partial charge >= 0.3 is 0 Å². The number of rotatable bonds is 5. The summed E-state index contributed by atoms with van der Waals surface area (Å²) in [6.45, 7) is 5.21. The zero-order valence-corrected chi connectivity index (χ0v) is 11.3. The number of pyridine rings is 1. The van der Waals surface area contributed by atoms with Crippen LogP contribution in [0.25, 0.3) is 0 Å². The Kier molecular flexibility index (Phi) is 3.55. The van der Waals surface area contributed by atoms with E-state index in [1.807, 2.05) is 0 Å². The van der Waals surface area contributed by atoms with E-state index >= 15 is 0 Å². The average molecular weight is 247 g/mol. The molecule has 1 aliphatic rings. The minimum Gasteiger partial charge on any atom is -0.372 e. The maximum absolute atomic E-state index is 12.1. The van der Waals surface area contributed by atoms with E-state index in [0.717, 1.165) is 6.54 Å². The number of amides is 1. The molecule has 1 fully saturated rings. The van der Waals surface area contributed by atoms with Gasteiger partial charge in [0.2, 0.25) is 0 Å². The Balaban J connectivity index is 2.00. The number of carbonyl (C=O) groups excluding carboxylic acids is 1. The van der Waals surface area contributed by atoms with Crippen molar-refractivity contribution in [3.05, 3.63) is 23.9 Å². The molecule has 0 atom stereocenters. The van der Waals surface area contributed by atoms with Gasteiger partial charge in [-0.05, 0) is 36.3 Å². The molecular formula is C14H21N3O. The zero-order valence-electron chi connectivity index (χ0n) is 11.3. The Morgan fingerprint density at radius 1 is 1.50 bits per heavy atom. The van der Waals surface area contributed by atoms with Gasteiger partial charge in [0, 0.05) is 19.8 Å². The average Bonchev–Trinajstić information content (AvgIpc) is 3.17. The molecule has 2 N–H and O–H groups in total. The van der Waals surface area contributed by atoms with Crippen molar-refractivity contribution >= 4 is 11.7 Å². The van der Waals surface area contributed by atoms with Crippen LogP contribution in [0.1, 0.15) is 37.0 Å². The summed E-state index contributed by atoms with van der Waals surface area (Å²) in [5.41, 5.74) is 0.942. The van der Waals surface area contributed by atoms with E-state index in [-0.39, 0.29) is 5.91 Å². The topological polar surface area (TPSA) is 54.0 Å². The molecule has 0 aromatic carbocycles. The highest BCUT2D eigenvalue weighted by Crippen LogP contribution is 2.51. The van der Waals surface area contributed by atoms with E-state index in [9.17, 15) is 4.79 Å². The fourth-order valence-corrected chi connectivity index (χ4v) is 2.26. The van der Waals surface area contributed by atoms with Gasteiger partial charge in [-0.25, -0.2) is 4.98 Å². The lowest BCUT2D eigenvalue weighted by molar-refractivity contribution is 0.0940. The summed E-state index contributed by atoms with van der Waals surface area (Å²) >= 11 is 0. The number of nitrogens with zero attached hydrogens (tertiary/aromatic N) is 1. The lowest BCUT2D eigenvalue weighted by Gasteiger charge is -2.20. The van der Waals surface area contributed by atoms with Crippen LogP contribution in [0.5, 0.6) is 0 Å². The van der Waals surface area contributed by atoms with Gasteiger partial charge in [-0.15, -0.1) is 0 Å². The molecule has 0 bridgehead atoms. The normalized spacial score (nSPS) is 16.4. The lowest BCUT2D eigenvalue weighted by atomic mass is 9.92. The van der Waals surface area contributed by atoms with Crippen LogP contribution in [0.4, 0.5) is 5.82 Å². The zero-order chi connectivity index (χ0) is 13.2. The Hall–Kier alpha value is -1.58. The molecule has 4 heteroatoms. The predicted molar refractivity (Wildman–Crippen MR) is 72.6 cm³/mol. The Morgan fingerprint density at radius 3 is 2.78 bits per heavy atom. The van der Waals surface area contributed by atoms with Crippen LogP contribution in [0.3, 0.4) is 0 Å². The molecule has 0 saturated heterocycles. The van der Waals surface area contributed by atoms with Crippen LogP contribution in [0.2, 0.25) is 0 Å². The Bertz CT molecular complexity index is 438. The fraction of sp³-hybridized carbons (Fsp3) is 0.571. The van der Waals surface area contributed by atoms with Crippen molar-refractivity contribution in [3.63, 3.8) is 0 Å². The van der Waals surface area contributed by atoms with Gasteiger partial charge in [0.25, 0.3) is 5.91 Å². The molecule has 0 unspecified atom stereocenters. The minimum atomic E-state index is -0.0422. The molecule has 1 amide bonds. The van der Waals surface area contributed by atoms with Gasteiger partial charge in [-0.1, -0.05) is 13.8 Å². The Labute approximate surface area is 108 Å². The Morgan fingerprint density at radius 2 is 2.22 bits per heavy atom. The summed E-state index contributed by atoms with van der Waals surface area (Å²) in [5, 5.41) is 5.98. The third kappa shape index (κ3) is 2.47. The van der Waals surface area contributed by atoms with Crippen LogP contribution in [-0.2, 0) is 0 Å². The van der Waals surface area contributed by atoms with E-state index < -0.39 is 0 Å². The minimum absolute atomic E-state index is 0.0422. The highest BCUT2D eigenvalue weighted by molar-refractivity contribution is 5.98. The van der Waals surface area contributed by atoms with Crippen LogP contribution in [0.15, 0.2) is 18.3 Å². The van der Waals surface area contributed by atoms with Crippen molar-refractivity contribution in [1.82, 2.24) is 10.3 Å². The van der Waals surface area contributed by atoms with Crippen molar-refractivity contribution in [2.24, 2.45) is 11.3 Å². The molecule has 4 nitrogen and oxygen atoms in total. The third-order valence-corrected chi connectivity index (χ3v) is 4.01. The van der Waals surface area contributed by atoms with E-state index in [0.29, 0.717) is 22.7 Å². The van der Waals surface area contributed by atoms with Crippen LogP contribution in [0, 0.1) is 11.3 Å². The molecule has 1 aliphatic carbocycles. The first-order valence-corrected chi connectivity index (χ1v) is 6.50. The highest BCUT2D eigenvalue weighted by Gasteiger charge is 2.45. The molecule has 1 aromatic heterocycles. The SMILES string of the molecule is CNc1ncccc1C(=O)NCC1(C(C)C)CC1. The maximum atomic E-state index is 12.1. The standard InChI is InChI=1S/C14H21N3O/c1-10(2)14(6-7-14)9-17-13(18)11-5-4-8-16-12(11)15-3/h4-5,8,10H,6-7,9H2,1-3H3,(H,15,16)(H,17,18). The lowest BCUT2D eigenvalue weighted by Crippen LogP contribution is -2.33. The molecule has 0 aliphatic heterocycles.